The first-order valence-electron chi connectivity index (χ1n) is 8.41. The maximum absolute atomic E-state index is 3.57. The van der Waals surface area contributed by atoms with Crippen LogP contribution in [0.25, 0.3) is 0 Å². The monoisotopic (exact) mass is 289 g/mol. The van der Waals surface area contributed by atoms with Crippen molar-refractivity contribution in [1.82, 2.24) is 15.1 Å². The SMILES string of the molecule is CCN1CCN(Cc2ccccc2CNCC(C)C)CC1. The summed E-state index contributed by atoms with van der Waals surface area (Å²) >= 11 is 0. The average Bonchev–Trinajstić information content (AvgIpc) is 2.49. The topological polar surface area (TPSA) is 18.5 Å². The lowest BCUT2D eigenvalue weighted by atomic mass is 10.1. The summed E-state index contributed by atoms with van der Waals surface area (Å²) in [5, 5.41) is 3.57. The van der Waals surface area contributed by atoms with E-state index in [-0.39, 0.29) is 0 Å². The molecule has 0 spiro atoms. The van der Waals surface area contributed by atoms with Crippen LogP contribution in [0.5, 0.6) is 0 Å². The van der Waals surface area contributed by atoms with E-state index in [0.29, 0.717) is 5.92 Å². The van der Waals surface area contributed by atoms with Gasteiger partial charge in [-0.1, -0.05) is 45.0 Å². The zero-order valence-corrected chi connectivity index (χ0v) is 13.9. The van der Waals surface area contributed by atoms with Crippen molar-refractivity contribution in [2.24, 2.45) is 5.92 Å². The third kappa shape index (κ3) is 5.42. The minimum atomic E-state index is 0.708. The van der Waals surface area contributed by atoms with Gasteiger partial charge in [0.05, 0.1) is 0 Å². The fourth-order valence-electron chi connectivity index (χ4n) is 2.88. The predicted octanol–water partition coefficient (Wildman–Crippen LogP) is 2.57. The van der Waals surface area contributed by atoms with Crippen molar-refractivity contribution >= 4 is 0 Å². The van der Waals surface area contributed by atoms with Crippen molar-refractivity contribution in [2.75, 3.05) is 39.3 Å². The molecule has 0 aromatic heterocycles. The maximum atomic E-state index is 3.57. The smallest absolute Gasteiger partial charge is 0.0238 e. The number of nitrogens with zero attached hydrogens (tertiary/aromatic N) is 2. The third-order valence-corrected chi connectivity index (χ3v) is 4.29. The molecule has 0 bridgehead atoms. The molecule has 1 fully saturated rings. The Morgan fingerprint density at radius 1 is 1.00 bits per heavy atom. The Labute approximate surface area is 130 Å². The molecular formula is C18H31N3. The summed E-state index contributed by atoms with van der Waals surface area (Å²) in [6.45, 7) is 15.9. The summed E-state index contributed by atoms with van der Waals surface area (Å²) in [6, 6.07) is 8.89. The highest BCUT2D eigenvalue weighted by molar-refractivity contribution is 5.27. The number of hydrogen-bond acceptors (Lipinski definition) is 3. The fraction of sp³-hybridized carbons (Fsp3) is 0.667. The third-order valence-electron chi connectivity index (χ3n) is 4.29. The van der Waals surface area contributed by atoms with E-state index in [4.69, 9.17) is 0 Å². The Balaban J connectivity index is 1.87. The molecular weight excluding hydrogens is 258 g/mol. The molecule has 0 unspecified atom stereocenters. The number of hydrogen-bond donors (Lipinski definition) is 1. The van der Waals surface area contributed by atoms with E-state index in [0.717, 1.165) is 19.6 Å². The summed E-state index contributed by atoms with van der Waals surface area (Å²) in [5.74, 6) is 0.708. The van der Waals surface area contributed by atoms with Gasteiger partial charge in [-0.15, -0.1) is 0 Å². The molecule has 0 amide bonds. The van der Waals surface area contributed by atoms with Crippen LogP contribution < -0.4 is 5.32 Å². The first kappa shape index (κ1) is 16.5. The van der Waals surface area contributed by atoms with Gasteiger partial charge in [0.2, 0.25) is 0 Å². The fourth-order valence-corrected chi connectivity index (χ4v) is 2.88. The summed E-state index contributed by atoms with van der Waals surface area (Å²) in [7, 11) is 0. The van der Waals surface area contributed by atoms with Crippen LogP contribution in [0.2, 0.25) is 0 Å². The second-order valence-electron chi connectivity index (χ2n) is 6.50. The van der Waals surface area contributed by atoms with Crippen molar-refractivity contribution in [3.63, 3.8) is 0 Å². The molecule has 0 radical (unpaired) electrons. The zero-order chi connectivity index (χ0) is 15.1. The van der Waals surface area contributed by atoms with Gasteiger partial charge in [-0.05, 0) is 30.1 Å². The predicted molar refractivity (Wildman–Crippen MR) is 90.4 cm³/mol. The van der Waals surface area contributed by atoms with E-state index in [1.165, 1.54) is 43.9 Å². The second kappa shape index (κ2) is 8.52. The number of benzene rings is 1. The van der Waals surface area contributed by atoms with Crippen LogP contribution in [0.3, 0.4) is 0 Å². The molecule has 1 aliphatic rings. The zero-order valence-electron chi connectivity index (χ0n) is 13.9. The molecule has 0 atom stereocenters. The summed E-state index contributed by atoms with van der Waals surface area (Å²) < 4.78 is 0. The molecule has 3 nitrogen and oxygen atoms in total. The first-order valence-corrected chi connectivity index (χ1v) is 8.41. The molecule has 0 aliphatic carbocycles. The highest BCUT2D eigenvalue weighted by Gasteiger charge is 2.16. The van der Waals surface area contributed by atoms with Gasteiger partial charge in [0.25, 0.3) is 0 Å². The molecule has 21 heavy (non-hydrogen) atoms. The van der Waals surface area contributed by atoms with E-state index >= 15 is 0 Å². The van der Waals surface area contributed by atoms with E-state index in [1.54, 1.807) is 0 Å². The number of nitrogens with one attached hydrogen (secondary N) is 1. The largest absolute Gasteiger partial charge is 0.312 e. The lowest BCUT2D eigenvalue weighted by Crippen LogP contribution is -2.45. The molecule has 118 valence electrons. The van der Waals surface area contributed by atoms with Crippen LogP contribution in [0.1, 0.15) is 31.9 Å². The van der Waals surface area contributed by atoms with Crippen LogP contribution in [0, 0.1) is 5.92 Å². The van der Waals surface area contributed by atoms with Gasteiger partial charge in [0.15, 0.2) is 0 Å². The van der Waals surface area contributed by atoms with Gasteiger partial charge in [-0.3, -0.25) is 4.90 Å². The molecule has 1 aromatic rings. The molecule has 1 saturated heterocycles. The number of likely N-dealkylation sites (N-methyl/N-ethyl adjacent to an activating group) is 1. The van der Waals surface area contributed by atoms with Gasteiger partial charge in [0.1, 0.15) is 0 Å². The van der Waals surface area contributed by atoms with E-state index in [2.05, 4.69) is 60.2 Å². The maximum Gasteiger partial charge on any atom is 0.0238 e. The van der Waals surface area contributed by atoms with Crippen LogP contribution in [-0.4, -0.2) is 49.1 Å². The van der Waals surface area contributed by atoms with E-state index < -0.39 is 0 Å². The standard InChI is InChI=1S/C18H31N3/c1-4-20-9-11-21(12-10-20)15-18-8-6-5-7-17(18)14-19-13-16(2)3/h5-8,16,19H,4,9-15H2,1-3H3. The quantitative estimate of drug-likeness (QED) is 0.832. The average molecular weight is 289 g/mol. The van der Waals surface area contributed by atoms with Crippen molar-refractivity contribution in [3.8, 4) is 0 Å². The van der Waals surface area contributed by atoms with Gasteiger partial charge in [0, 0.05) is 39.3 Å². The van der Waals surface area contributed by atoms with Gasteiger partial charge < -0.3 is 10.2 Å². The molecule has 1 aliphatic heterocycles. The van der Waals surface area contributed by atoms with Crippen LogP contribution in [-0.2, 0) is 13.1 Å². The highest BCUT2D eigenvalue weighted by Crippen LogP contribution is 2.13. The highest BCUT2D eigenvalue weighted by atomic mass is 15.3. The molecule has 2 rings (SSSR count). The Kier molecular flexibility index (Phi) is 6.68. The van der Waals surface area contributed by atoms with Crippen LogP contribution in [0.15, 0.2) is 24.3 Å². The summed E-state index contributed by atoms with van der Waals surface area (Å²) in [6.07, 6.45) is 0. The van der Waals surface area contributed by atoms with Crippen LogP contribution in [0.4, 0.5) is 0 Å². The molecule has 1 aromatic carbocycles. The van der Waals surface area contributed by atoms with Crippen molar-refractivity contribution in [1.29, 1.82) is 0 Å². The Morgan fingerprint density at radius 2 is 1.62 bits per heavy atom. The van der Waals surface area contributed by atoms with Gasteiger partial charge >= 0.3 is 0 Å². The van der Waals surface area contributed by atoms with Gasteiger partial charge in [-0.2, -0.15) is 0 Å². The van der Waals surface area contributed by atoms with E-state index in [9.17, 15) is 0 Å². The summed E-state index contributed by atoms with van der Waals surface area (Å²) in [5.41, 5.74) is 2.94. The molecule has 0 saturated carbocycles. The van der Waals surface area contributed by atoms with Crippen molar-refractivity contribution in [2.45, 2.75) is 33.9 Å². The number of rotatable bonds is 7. The van der Waals surface area contributed by atoms with E-state index in [1.807, 2.05) is 0 Å². The van der Waals surface area contributed by atoms with Crippen LogP contribution >= 0.6 is 0 Å². The molecule has 1 heterocycles. The minimum absolute atomic E-state index is 0.708. The lowest BCUT2D eigenvalue weighted by Gasteiger charge is -2.34. The molecule has 1 N–H and O–H groups in total. The van der Waals surface area contributed by atoms with Gasteiger partial charge in [-0.25, -0.2) is 0 Å². The Bertz CT molecular complexity index is 409. The van der Waals surface area contributed by atoms with Crippen molar-refractivity contribution in [3.05, 3.63) is 35.4 Å². The normalized spacial score (nSPS) is 17.5. The minimum Gasteiger partial charge on any atom is -0.312 e. The summed E-state index contributed by atoms with van der Waals surface area (Å²) in [4.78, 5) is 5.13. The number of piperazine rings is 1. The first-order chi connectivity index (χ1) is 10.2. The Hall–Kier alpha value is -0.900. The van der Waals surface area contributed by atoms with Crippen molar-refractivity contribution < 1.29 is 0 Å². The Morgan fingerprint density at radius 3 is 2.24 bits per heavy atom. The molecule has 3 heteroatoms. The second-order valence-corrected chi connectivity index (χ2v) is 6.50. The lowest BCUT2D eigenvalue weighted by molar-refractivity contribution is 0.131.